The molecule has 0 radical (unpaired) electrons. The van der Waals surface area contributed by atoms with E-state index in [0.29, 0.717) is 17.8 Å². The van der Waals surface area contributed by atoms with Crippen LogP contribution in [0, 0.1) is 0 Å². The molecule has 0 bridgehead atoms. The molecule has 2 aromatic rings. The molecule has 0 aliphatic heterocycles. The van der Waals surface area contributed by atoms with Gasteiger partial charge < -0.3 is 16.2 Å². The lowest BCUT2D eigenvalue weighted by Crippen LogP contribution is -2.22. The summed E-state index contributed by atoms with van der Waals surface area (Å²) in [5, 5.41) is 11.9. The standard InChI is InChI=1S/C15H16N2O2/c16-14-6-2-5-13(8-14)15(19)17-9-11-3-1-4-12(7-11)10-18/h1-8,18H,9-10,16H2,(H,17,19). The highest BCUT2D eigenvalue weighted by Crippen LogP contribution is 2.08. The van der Waals surface area contributed by atoms with Crippen LogP contribution >= 0.6 is 0 Å². The summed E-state index contributed by atoms with van der Waals surface area (Å²) < 4.78 is 0. The first-order chi connectivity index (χ1) is 9.19. The van der Waals surface area contributed by atoms with Crippen LogP contribution in [0.1, 0.15) is 21.5 Å². The van der Waals surface area contributed by atoms with Crippen LogP contribution in [0.3, 0.4) is 0 Å². The number of rotatable bonds is 4. The number of aliphatic hydroxyl groups is 1. The van der Waals surface area contributed by atoms with Crippen LogP contribution in [0.15, 0.2) is 48.5 Å². The highest BCUT2D eigenvalue weighted by Gasteiger charge is 2.05. The minimum absolute atomic E-state index is 0.00297. The minimum atomic E-state index is -0.165. The first-order valence-corrected chi connectivity index (χ1v) is 6.01. The lowest BCUT2D eigenvalue weighted by atomic mass is 10.1. The van der Waals surface area contributed by atoms with E-state index in [0.717, 1.165) is 11.1 Å². The molecule has 0 saturated carbocycles. The summed E-state index contributed by atoms with van der Waals surface area (Å²) in [4.78, 5) is 11.9. The smallest absolute Gasteiger partial charge is 0.251 e. The minimum Gasteiger partial charge on any atom is -0.399 e. The van der Waals surface area contributed by atoms with Crippen molar-refractivity contribution in [2.75, 3.05) is 5.73 Å². The molecule has 98 valence electrons. The fraction of sp³-hybridized carbons (Fsp3) is 0.133. The average Bonchev–Trinajstić information content (AvgIpc) is 2.45. The van der Waals surface area contributed by atoms with Crippen LogP contribution in [-0.2, 0) is 13.2 Å². The van der Waals surface area contributed by atoms with E-state index in [1.165, 1.54) is 0 Å². The summed E-state index contributed by atoms with van der Waals surface area (Å²) in [5.41, 5.74) is 8.52. The number of carbonyl (C=O) groups is 1. The highest BCUT2D eigenvalue weighted by molar-refractivity contribution is 5.94. The molecule has 0 atom stereocenters. The van der Waals surface area contributed by atoms with Crippen LogP contribution in [0.5, 0.6) is 0 Å². The SMILES string of the molecule is Nc1cccc(C(=O)NCc2cccc(CO)c2)c1. The number of aliphatic hydroxyl groups excluding tert-OH is 1. The lowest BCUT2D eigenvalue weighted by Gasteiger charge is -2.07. The van der Waals surface area contributed by atoms with Gasteiger partial charge in [-0.1, -0.05) is 30.3 Å². The zero-order valence-electron chi connectivity index (χ0n) is 10.5. The van der Waals surface area contributed by atoms with Gasteiger partial charge in [-0.25, -0.2) is 0 Å². The summed E-state index contributed by atoms with van der Waals surface area (Å²) in [6.45, 7) is 0.415. The Kier molecular flexibility index (Phi) is 4.15. The normalized spacial score (nSPS) is 10.2. The number of hydrogen-bond acceptors (Lipinski definition) is 3. The van der Waals surface area contributed by atoms with Crippen LogP contribution in [0.25, 0.3) is 0 Å². The van der Waals surface area contributed by atoms with Crippen molar-refractivity contribution in [3.05, 3.63) is 65.2 Å². The van der Waals surface area contributed by atoms with Gasteiger partial charge in [0.2, 0.25) is 0 Å². The zero-order valence-corrected chi connectivity index (χ0v) is 10.5. The van der Waals surface area contributed by atoms with Crippen LogP contribution < -0.4 is 11.1 Å². The lowest BCUT2D eigenvalue weighted by molar-refractivity contribution is 0.0951. The summed E-state index contributed by atoms with van der Waals surface area (Å²) in [6, 6.07) is 14.3. The maximum Gasteiger partial charge on any atom is 0.251 e. The van der Waals surface area contributed by atoms with Crippen molar-refractivity contribution in [2.45, 2.75) is 13.2 Å². The van der Waals surface area contributed by atoms with Crippen molar-refractivity contribution in [1.29, 1.82) is 0 Å². The third-order valence-corrected chi connectivity index (χ3v) is 2.78. The molecule has 0 unspecified atom stereocenters. The molecular weight excluding hydrogens is 240 g/mol. The van der Waals surface area contributed by atoms with Gasteiger partial charge in [-0.15, -0.1) is 0 Å². The Labute approximate surface area is 111 Å². The Morgan fingerprint density at radius 1 is 1.11 bits per heavy atom. The molecule has 2 aromatic carbocycles. The number of carbonyl (C=O) groups excluding carboxylic acids is 1. The molecule has 0 aliphatic carbocycles. The van der Waals surface area contributed by atoms with Crippen molar-refractivity contribution in [1.82, 2.24) is 5.32 Å². The maximum absolute atomic E-state index is 11.9. The van der Waals surface area contributed by atoms with Crippen molar-refractivity contribution in [2.24, 2.45) is 0 Å². The molecule has 0 aliphatic rings. The molecule has 0 saturated heterocycles. The van der Waals surface area contributed by atoms with E-state index in [9.17, 15) is 4.79 Å². The van der Waals surface area contributed by atoms with Crippen molar-refractivity contribution >= 4 is 11.6 Å². The number of amides is 1. The topological polar surface area (TPSA) is 75.4 Å². The highest BCUT2D eigenvalue weighted by atomic mass is 16.3. The number of nitrogens with one attached hydrogen (secondary N) is 1. The predicted molar refractivity (Wildman–Crippen MR) is 74.4 cm³/mol. The molecule has 0 heterocycles. The van der Waals surface area contributed by atoms with Gasteiger partial charge in [-0.2, -0.15) is 0 Å². The monoisotopic (exact) mass is 256 g/mol. The van der Waals surface area contributed by atoms with Gasteiger partial charge >= 0.3 is 0 Å². The summed E-state index contributed by atoms with van der Waals surface area (Å²) in [5.74, 6) is -0.165. The molecule has 1 amide bonds. The Morgan fingerprint density at radius 2 is 1.84 bits per heavy atom. The van der Waals surface area contributed by atoms with Crippen molar-refractivity contribution in [3.8, 4) is 0 Å². The second-order valence-electron chi connectivity index (χ2n) is 4.29. The van der Waals surface area contributed by atoms with E-state index < -0.39 is 0 Å². The van der Waals surface area contributed by atoms with Gasteiger partial charge in [0.15, 0.2) is 0 Å². The van der Waals surface area contributed by atoms with Crippen LogP contribution in [0.4, 0.5) is 5.69 Å². The number of hydrogen-bond donors (Lipinski definition) is 3. The maximum atomic E-state index is 11.9. The Balaban J connectivity index is 2.00. The average molecular weight is 256 g/mol. The molecule has 0 fully saturated rings. The third kappa shape index (κ3) is 3.56. The van der Waals surface area contributed by atoms with E-state index in [-0.39, 0.29) is 12.5 Å². The Hall–Kier alpha value is -2.33. The summed E-state index contributed by atoms with van der Waals surface area (Å²) in [6.07, 6.45) is 0. The van der Waals surface area contributed by atoms with E-state index in [2.05, 4.69) is 5.32 Å². The second kappa shape index (κ2) is 6.02. The fourth-order valence-corrected chi connectivity index (χ4v) is 1.80. The predicted octanol–water partition coefficient (Wildman–Crippen LogP) is 1.69. The molecule has 4 N–H and O–H groups in total. The van der Waals surface area contributed by atoms with E-state index in [1.807, 2.05) is 24.3 Å². The number of benzene rings is 2. The fourth-order valence-electron chi connectivity index (χ4n) is 1.80. The molecule has 4 nitrogen and oxygen atoms in total. The van der Waals surface area contributed by atoms with E-state index in [1.54, 1.807) is 24.3 Å². The molecule has 19 heavy (non-hydrogen) atoms. The largest absolute Gasteiger partial charge is 0.399 e. The Bertz CT molecular complexity index is 582. The number of anilines is 1. The molecular formula is C15H16N2O2. The van der Waals surface area contributed by atoms with Gasteiger partial charge in [-0.05, 0) is 29.3 Å². The van der Waals surface area contributed by atoms with Gasteiger partial charge in [0.25, 0.3) is 5.91 Å². The zero-order chi connectivity index (χ0) is 13.7. The van der Waals surface area contributed by atoms with Crippen LogP contribution in [-0.4, -0.2) is 11.0 Å². The molecule has 0 aromatic heterocycles. The molecule has 4 heteroatoms. The number of nitrogens with two attached hydrogens (primary N) is 1. The summed E-state index contributed by atoms with van der Waals surface area (Å²) >= 11 is 0. The van der Waals surface area contributed by atoms with Gasteiger partial charge in [0, 0.05) is 17.8 Å². The van der Waals surface area contributed by atoms with Gasteiger partial charge in [0.1, 0.15) is 0 Å². The Morgan fingerprint density at radius 3 is 2.58 bits per heavy atom. The van der Waals surface area contributed by atoms with E-state index in [4.69, 9.17) is 10.8 Å². The first kappa shape index (κ1) is 13.1. The third-order valence-electron chi connectivity index (χ3n) is 2.78. The van der Waals surface area contributed by atoms with E-state index >= 15 is 0 Å². The van der Waals surface area contributed by atoms with Gasteiger partial charge in [-0.3, -0.25) is 4.79 Å². The second-order valence-corrected chi connectivity index (χ2v) is 4.29. The van der Waals surface area contributed by atoms with Crippen LogP contribution in [0.2, 0.25) is 0 Å². The summed E-state index contributed by atoms with van der Waals surface area (Å²) in [7, 11) is 0. The number of nitrogen functional groups attached to an aromatic ring is 1. The van der Waals surface area contributed by atoms with Gasteiger partial charge in [0.05, 0.1) is 6.61 Å². The quantitative estimate of drug-likeness (QED) is 0.729. The molecule has 0 spiro atoms. The van der Waals surface area contributed by atoms with Crippen molar-refractivity contribution < 1.29 is 9.90 Å². The van der Waals surface area contributed by atoms with Crippen molar-refractivity contribution in [3.63, 3.8) is 0 Å². The first-order valence-electron chi connectivity index (χ1n) is 6.01. The molecule has 2 rings (SSSR count).